The maximum atomic E-state index is 12.4. The van der Waals surface area contributed by atoms with Crippen LogP contribution < -0.4 is 0 Å². The summed E-state index contributed by atoms with van der Waals surface area (Å²) in [7, 11) is 0. The average molecular weight is 380 g/mol. The minimum atomic E-state index is -4.27. The van der Waals surface area contributed by atoms with E-state index in [4.69, 9.17) is 0 Å². The molecule has 0 N–H and O–H groups in total. The maximum absolute atomic E-state index is 12.4. The molecule has 0 aromatic heterocycles. The molecule has 18 heavy (non-hydrogen) atoms. The van der Waals surface area contributed by atoms with Crippen molar-refractivity contribution in [3.63, 3.8) is 0 Å². The van der Waals surface area contributed by atoms with Crippen molar-refractivity contribution in [1.82, 2.24) is 0 Å². The molecule has 2 aromatic carbocycles. The van der Waals surface area contributed by atoms with Gasteiger partial charge in [-0.25, -0.2) is 0 Å². The fourth-order valence-corrected chi connectivity index (χ4v) is 2.92. The second-order valence-corrected chi connectivity index (χ2v) is 5.83. The van der Waals surface area contributed by atoms with Gasteiger partial charge in [0.2, 0.25) is 0 Å². The summed E-state index contributed by atoms with van der Waals surface area (Å²) in [6, 6.07) is 13.0. The molecule has 0 fully saturated rings. The predicted octanol–water partition coefficient (Wildman–Crippen LogP) is 5.46. The van der Waals surface area contributed by atoms with Gasteiger partial charge in [0.25, 0.3) is 0 Å². The smallest absolute Gasteiger partial charge is 0.166 e. The lowest BCUT2D eigenvalue weighted by atomic mass is 10.2. The van der Waals surface area contributed by atoms with Crippen molar-refractivity contribution >= 4 is 34.4 Å². The van der Waals surface area contributed by atoms with Crippen molar-refractivity contribution in [3.8, 4) is 0 Å². The molecule has 0 spiro atoms. The molecule has 0 amide bonds. The fourth-order valence-electron chi connectivity index (χ4n) is 1.37. The van der Waals surface area contributed by atoms with Crippen molar-refractivity contribution in [2.24, 2.45) is 0 Å². The monoisotopic (exact) mass is 380 g/mol. The quantitative estimate of drug-likeness (QED) is 0.624. The van der Waals surface area contributed by atoms with E-state index in [-0.39, 0.29) is 0 Å². The Morgan fingerprint density at radius 3 is 2.06 bits per heavy atom. The van der Waals surface area contributed by atoms with Gasteiger partial charge >= 0.3 is 6.18 Å². The predicted molar refractivity (Wildman–Crippen MR) is 74.7 cm³/mol. The van der Waals surface area contributed by atoms with Crippen LogP contribution in [0, 0.1) is 3.57 Å². The molecule has 0 aliphatic heterocycles. The fraction of sp³-hybridized carbons (Fsp3) is 0.0769. The molecule has 2 aromatic rings. The molecule has 94 valence electrons. The first-order valence-electron chi connectivity index (χ1n) is 5.06. The van der Waals surface area contributed by atoms with Gasteiger partial charge in [-0.15, -0.1) is 0 Å². The zero-order valence-corrected chi connectivity index (χ0v) is 12.0. The minimum absolute atomic E-state index is 0.616. The summed E-state index contributed by atoms with van der Waals surface area (Å²) in [5.74, 6) is 0. The van der Waals surface area contributed by atoms with Crippen LogP contribution in [0.4, 0.5) is 13.2 Å². The van der Waals surface area contributed by atoms with E-state index in [9.17, 15) is 13.2 Å². The van der Waals surface area contributed by atoms with Gasteiger partial charge in [-0.2, -0.15) is 13.2 Å². The second-order valence-electron chi connectivity index (χ2n) is 3.55. The van der Waals surface area contributed by atoms with Crippen molar-refractivity contribution in [2.75, 3.05) is 0 Å². The average Bonchev–Trinajstić information content (AvgIpc) is 2.32. The summed E-state index contributed by atoms with van der Waals surface area (Å²) >= 11 is 3.66. The Bertz CT molecular complexity index is 535. The normalized spacial score (nSPS) is 11.6. The van der Waals surface area contributed by atoms with Crippen molar-refractivity contribution in [1.29, 1.82) is 0 Å². The van der Waals surface area contributed by atoms with Crippen molar-refractivity contribution in [2.45, 2.75) is 16.0 Å². The zero-order chi connectivity index (χ0) is 13.2. The molecule has 5 heteroatoms. The summed E-state index contributed by atoms with van der Waals surface area (Å²) in [4.78, 5) is 1.84. The lowest BCUT2D eigenvalue weighted by molar-refractivity contribution is -0.137. The molecule has 0 aliphatic rings. The highest BCUT2D eigenvalue weighted by Crippen LogP contribution is 2.34. The van der Waals surface area contributed by atoms with Gasteiger partial charge in [0.1, 0.15) is 0 Å². The molecule has 0 radical (unpaired) electrons. The van der Waals surface area contributed by atoms with Gasteiger partial charge < -0.3 is 0 Å². The highest BCUT2D eigenvalue weighted by atomic mass is 127. The summed E-state index contributed by atoms with van der Waals surface area (Å²) in [5, 5.41) is 0. The molecule has 0 nitrogen and oxygen atoms in total. The molecule has 0 atom stereocenters. The first-order valence-corrected chi connectivity index (χ1v) is 6.96. The SMILES string of the molecule is FC(F)(F)c1ccc(Sc2ccccc2I)cc1. The first-order chi connectivity index (χ1) is 8.47. The number of hydrogen-bond donors (Lipinski definition) is 0. The van der Waals surface area contributed by atoms with Gasteiger partial charge in [0.05, 0.1) is 5.56 Å². The van der Waals surface area contributed by atoms with E-state index < -0.39 is 11.7 Å². The minimum Gasteiger partial charge on any atom is -0.166 e. The third-order valence-corrected chi connectivity index (χ3v) is 4.64. The molecule has 0 unspecified atom stereocenters. The van der Waals surface area contributed by atoms with Crippen LogP contribution in [0.15, 0.2) is 58.3 Å². The molecule has 0 bridgehead atoms. The molecular formula is C13H8F3IS. The van der Waals surface area contributed by atoms with E-state index in [1.807, 2.05) is 24.3 Å². The molecule has 2 rings (SSSR count). The van der Waals surface area contributed by atoms with Gasteiger partial charge in [0.15, 0.2) is 0 Å². The largest absolute Gasteiger partial charge is 0.416 e. The topological polar surface area (TPSA) is 0 Å². The lowest BCUT2D eigenvalue weighted by Crippen LogP contribution is -2.03. The maximum Gasteiger partial charge on any atom is 0.416 e. The number of halogens is 4. The lowest BCUT2D eigenvalue weighted by Gasteiger charge is -2.08. The third-order valence-electron chi connectivity index (χ3n) is 2.25. The van der Waals surface area contributed by atoms with Gasteiger partial charge in [-0.1, -0.05) is 23.9 Å². The standard InChI is InChI=1S/C13H8F3IS/c14-13(15,16)9-5-7-10(8-6-9)18-12-4-2-1-3-11(12)17/h1-8H. The van der Waals surface area contributed by atoms with Crippen LogP contribution in [0.1, 0.15) is 5.56 Å². The van der Waals surface area contributed by atoms with E-state index in [1.165, 1.54) is 23.9 Å². The first kappa shape index (κ1) is 13.7. The Hall–Kier alpha value is -0.690. The Morgan fingerprint density at radius 1 is 0.889 bits per heavy atom. The van der Waals surface area contributed by atoms with Crippen molar-refractivity contribution < 1.29 is 13.2 Å². The van der Waals surface area contributed by atoms with E-state index >= 15 is 0 Å². The molecule has 0 heterocycles. The van der Waals surface area contributed by atoms with Gasteiger partial charge in [-0.05, 0) is 59.0 Å². The molecule has 0 saturated heterocycles. The highest BCUT2D eigenvalue weighted by molar-refractivity contribution is 14.1. The Labute approximate surface area is 121 Å². The van der Waals surface area contributed by atoms with Crippen LogP contribution in [-0.2, 0) is 6.18 Å². The van der Waals surface area contributed by atoms with Gasteiger partial charge in [0, 0.05) is 13.4 Å². The van der Waals surface area contributed by atoms with Crippen LogP contribution in [0.25, 0.3) is 0 Å². The summed E-state index contributed by atoms with van der Waals surface area (Å²) in [6.45, 7) is 0. The van der Waals surface area contributed by atoms with E-state index in [0.717, 1.165) is 25.5 Å². The number of hydrogen-bond acceptors (Lipinski definition) is 1. The summed E-state index contributed by atoms with van der Waals surface area (Å²) in [6.07, 6.45) is -4.27. The van der Waals surface area contributed by atoms with Crippen LogP contribution in [0.5, 0.6) is 0 Å². The number of alkyl halides is 3. The molecule has 0 aliphatic carbocycles. The van der Waals surface area contributed by atoms with Crippen LogP contribution in [0.3, 0.4) is 0 Å². The Morgan fingerprint density at radius 2 is 1.50 bits per heavy atom. The van der Waals surface area contributed by atoms with E-state index in [1.54, 1.807) is 0 Å². The summed E-state index contributed by atoms with van der Waals surface area (Å²) < 4.78 is 38.3. The van der Waals surface area contributed by atoms with Crippen molar-refractivity contribution in [3.05, 3.63) is 57.7 Å². The Kier molecular flexibility index (Phi) is 4.21. The van der Waals surface area contributed by atoms with Gasteiger partial charge in [-0.3, -0.25) is 0 Å². The zero-order valence-electron chi connectivity index (χ0n) is 9.04. The van der Waals surface area contributed by atoms with Crippen LogP contribution >= 0.6 is 34.4 Å². The van der Waals surface area contributed by atoms with E-state index in [0.29, 0.717) is 0 Å². The molecular weight excluding hydrogens is 372 g/mol. The van der Waals surface area contributed by atoms with Crippen LogP contribution in [-0.4, -0.2) is 0 Å². The second kappa shape index (κ2) is 5.52. The Balaban J connectivity index is 2.19. The third kappa shape index (κ3) is 3.41. The highest BCUT2D eigenvalue weighted by Gasteiger charge is 2.29. The summed E-state index contributed by atoms with van der Waals surface area (Å²) in [5.41, 5.74) is -0.616. The number of rotatable bonds is 2. The van der Waals surface area contributed by atoms with E-state index in [2.05, 4.69) is 22.6 Å². The van der Waals surface area contributed by atoms with Crippen LogP contribution in [0.2, 0.25) is 0 Å². The molecule has 0 saturated carbocycles. The number of benzene rings is 2.